The van der Waals surface area contributed by atoms with Crippen LogP contribution >= 0.6 is 0 Å². The van der Waals surface area contributed by atoms with Gasteiger partial charge >= 0.3 is 0 Å². The van der Waals surface area contributed by atoms with Gasteiger partial charge in [-0.3, -0.25) is 4.79 Å². The minimum atomic E-state index is -0.326. The van der Waals surface area contributed by atoms with E-state index in [9.17, 15) is 4.79 Å². The monoisotopic (exact) mass is 252 g/mol. The van der Waals surface area contributed by atoms with Gasteiger partial charge in [0.05, 0.1) is 24.4 Å². The highest BCUT2D eigenvalue weighted by molar-refractivity contribution is 5.84. The highest BCUT2D eigenvalue weighted by atomic mass is 16.6. The number of hydrogen-bond acceptors (Lipinski definition) is 4. The van der Waals surface area contributed by atoms with E-state index in [-0.39, 0.29) is 36.3 Å². The molecule has 4 nitrogen and oxygen atoms in total. The molecule has 0 radical (unpaired) electrons. The summed E-state index contributed by atoms with van der Waals surface area (Å²) in [5, 5.41) is 0. The standard InChI is InChI=1S/C14H20O4/c1-2-4-10-9(15)7-13-14(17-10)8-12-11(18-13)5-3-6-16-12/h2,10-14H,1,3-8H2/t10-,11-,12+,13+,14-/m0/s1. The summed E-state index contributed by atoms with van der Waals surface area (Å²) in [4.78, 5) is 11.9. The molecule has 3 rings (SSSR count). The van der Waals surface area contributed by atoms with Crippen LogP contribution < -0.4 is 0 Å². The van der Waals surface area contributed by atoms with Crippen molar-refractivity contribution in [2.45, 2.75) is 62.6 Å². The second-order valence-electron chi connectivity index (χ2n) is 5.36. The van der Waals surface area contributed by atoms with Gasteiger partial charge in [0.2, 0.25) is 0 Å². The first kappa shape index (κ1) is 12.3. The first-order chi connectivity index (χ1) is 8.78. The average molecular weight is 252 g/mol. The molecule has 0 unspecified atom stereocenters. The molecule has 3 heterocycles. The Morgan fingerprint density at radius 2 is 2.11 bits per heavy atom. The highest BCUT2D eigenvalue weighted by Crippen LogP contribution is 2.35. The lowest BCUT2D eigenvalue weighted by Gasteiger charge is -2.46. The van der Waals surface area contributed by atoms with E-state index in [1.165, 1.54) is 0 Å². The molecule has 3 fully saturated rings. The van der Waals surface area contributed by atoms with E-state index >= 15 is 0 Å². The summed E-state index contributed by atoms with van der Waals surface area (Å²) in [7, 11) is 0. The van der Waals surface area contributed by atoms with Crippen LogP contribution in [0.15, 0.2) is 12.7 Å². The van der Waals surface area contributed by atoms with Gasteiger partial charge in [-0.15, -0.1) is 6.58 Å². The van der Waals surface area contributed by atoms with Crippen LogP contribution in [0.3, 0.4) is 0 Å². The molecule has 0 bridgehead atoms. The molecular formula is C14H20O4. The summed E-state index contributed by atoms with van der Waals surface area (Å²) in [6.07, 6.45) is 5.68. The van der Waals surface area contributed by atoms with Gasteiger partial charge in [-0.25, -0.2) is 0 Å². The summed E-state index contributed by atoms with van der Waals surface area (Å²) < 4.78 is 17.6. The Balaban J connectivity index is 1.68. The highest BCUT2D eigenvalue weighted by Gasteiger charge is 2.45. The van der Waals surface area contributed by atoms with E-state index < -0.39 is 0 Å². The topological polar surface area (TPSA) is 44.8 Å². The zero-order valence-electron chi connectivity index (χ0n) is 10.5. The fraction of sp³-hybridized carbons (Fsp3) is 0.786. The minimum absolute atomic E-state index is 0.00648. The molecule has 0 aromatic carbocycles. The van der Waals surface area contributed by atoms with Crippen LogP contribution in [0.4, 0.5) is 0 Å². The Morgan fingerprint density at radius 1 is 1.22 bits per heavy atom. The van der Waals surface area contributed by atoms with Crippen molar-refractivity contribution < 1.29 is 19.0 Å². The van der Waals surface area contributed by atoms with Crippen molar-refractivity contribution in [2.75, 3.05) is 6.61 Å². The number of ketones is 1. The van der Waals surface area contributed by atoms with Gasteiger partial charge in [-0.05, 0) is 19.3 Å². The largest absolute Gasteiger partial charge is 0.375 e. The Hall–Kier alpha value is -0.710. The molecule has 3 aliphatic rings. The SMILES string of the molecule is C=CC[C@@H]1O[C@H]2C[C@H]3OCCC[C@@H]3O[C@@H]2CC1=O. The lowest BCUT2D eigenvalue weighted by molar-refractivity contribution is -0.234. The Morgan fingerprint density at radius 3 is 2.94 bits per heavy atom. The molecule has 3 aliphatic heterocycles. The van der Waals surface area contributed by atoms with E-state index in [0.29, 0.717) is 12.8 Å². The summed E-state index contributed by atoms with van der Waals surface area (Å²) >= 11 is 0. The summed E-state index contributed by atoms with van der Waals surface area (Å²) in [5.41, 5.74) is 0. The van der Waals surface area contributed by atoms with Gasteiger partial charge in [0.25, 0.3) is 0 Å². The number of Topliss-reactive ketones (excluding diaryl/α,β-unsaturated/α-hetero) is 1. The maximum Gasteiger partial charge on any atom is 0.164 e. The van der Waals surface area contributed by atoms with Gasteiger partial charge in [0, 0.05) is 19.4 Å². The van der Waals surface area contributed by atoms with Crippen LogP contribution in [-0.4, -0.2) is 42.9 Å². The maximum absolute atomic E-state index is 11.9. The molecule has 100 valence electrons. The van der Waals surface area contributed by atoms with Crippen molar-refractivity contribution in [3.05, 3.63) is 12.7 Å². The smallest absolute Gasteiger partial charge is 0.164 e. The first-order valence-corrected chi connectivity index (χ1v) is 6.84. The van der Waals surface area contributed by atoms with Gasteiger partial charge in [-0.2, -0.15) is 0 Å². The summed E-state index contributed by atoms with van der Waals surface area (Å²) in [5.74, 6) is 0.145. The van der Waals surface area contributed by atoms with Gasteiger partial charge in [0.15, 0.2) is 5.78 Å². The van der Waals surface area contributed by atoms with Crippen LogP contribution in [-0.2, 0) is 19.0 Å². The lowest BCUT2D eigenvalue weighted by atomic mass is 9.88. The lowest BCUT2D eigenvalue weighted by Crippen LogP contribution is -2.56. The molecule has 3 saturated heterocycles. The number of rotatable bonds is 2. The van der Waals surface area contributed by atoms with Gasteiger partial charge < -0.3 is 14.2 Å². The van der Waals surface area contributed by atoms with E-state index in [0.717, 1.165) is 25.9 Å². The third-order valence-electron chi connectivity index (χ3n) is 4.09. The van der Waals surface area contributed by atoms with E-state index in [1.54, 1.807) is 6.08 Å². The van der Waals surface area contributed by atoms with Crippen molar-refractivity contribution in [3.8, 4) is 0 Å². The quantitative estimate of drug-likeness (QED) is 0.701. The van der Waals surface area contributed by atoms with Crippen LogP contribution in [0.25, 0.3) is 0 Å². The molecule has 0 aliphatic carbocycles. The van der Waals surface area contributed by atoms with E-state index in [4.69, 9.17) is 14.2 Å². The average Bonchev–Trinajstić information content (AvgIpc) is 2.38. The third-order valence-corrected chi connectivity index (χ3v) is 4.09. The number of carbonyl (C=O) groups excluding carboxylic acids is 1. The molecule has 0 aromatic heterocycles. The third kappa shape index (κ3) is 2.25. The fourth-order valence-corrected chi connectivity index (χ4v) is 3.16. The second-order valence-corrected chi connectivity index (χ2v) is 5.36. The molecule has 18 heavy (non-hydrogen) atoms. The Labute approximate surface area is 107 Å². The van der Waals surface area contributed by atoms with Crippen molar-refractivity contribution in [3.63, 3.8) is 0 Å². The fourth-order valence-electron chi connectivity index (χ4n) is 3.16. The van der Waals surface area contributed by atoms with Crippen molar-refractivity contribution in [2.24, 2.45) is 0 Å². The molecule has 0 amide bonds. The number of hydrogen-bond donors (Lipinski definition) is 0. The predicted octanol–water partition coefficient (Wildman–Crippen LogP) is 1.63. The zero-order valence-corrected chi connectivity index (χ0v) is 10.5. The summed E-state index contributed by atoms with van der Waals surface area (Å²) in [6.45, 7) is 4.49. The first-order valence-electron chi connectivity index (χ1n) is 6.84. The number of ether oxygens (including phenoxy) is 3. The number of carbonyl (C=O) groups is 1. The second kappa shape index (κ2) is 5.11. The van der Waals surface area contributed by atoms with Crippen LogP contribution in [0.5, 0.6) is 0 Å². The molecule has 0 spiro atoms. The summed E-state index contributed by atoms with van der Waals surface area (Å²) in [6, 6.07) is 0. The van der Waals surface area contributed by atoms with E-state index in [2.05, 4.69) is 6.58 Å². The molecule has 0 saturated carbocycles. The van der Waals surface area contributed by atoms with Crippen LogP contribution in [0.1, 0.15) is 32.1 Å². The molecule has 0 aromatic rings. The Kier molecular flexibility index (Phi) is 3.50. The van der Waals surface area contributed by atoms with Crippen molar-refractivity contribution >= 4 is 5.78 Å². The van der Waals surface area contributed by atoms with Gasteiger partial charge in [0.1, 0.15) is 6.10 Å². The molecule has 5 atom stereocenters. The number of fused-ring (bicyclic) bond motifs is 2. The maximum atomic E-state index is 11.9. The van der Waals surface area contributed by atoms with Crippen LogP contribution in [0, 0.1) is 0 Å². The van der Waals surface area contributed by atoms with E-state index in [1.807, 2.05) is 0 Å². The molecule has 0 N–H and O–H groups in total. The molecule has 4 heteroatoms. The van der Waals surface area contributed by atoms with Crippen LogP contribution in [0.2, 0.25) is 0 Å². The van der Waals surface area contributed by atoms with Crippen molar-refractivity contribution in [1.29, 1.82) is 0 Å². The molecular weight excluding hydrogens is 232 g/mol. The van der Waals surface area contributed by atoms with Gasteiger partial charge in [-0.1, -0.05) is 6.08 Å². The predicted molar refractivity (Wildman–Crippen MR) is 65.4 cm³/mol. The minimum Gasteiger partial charge on any atom is -0.375 e. The van der Waals surface area contributed by atoms with Crippen molar-refractivity contribution in [1.82, 2.24) is 0 Å². The normalized spacial score (nSPS) is 44.0. The Bertz CT molecular complexity index is 341. The zero-order chi connectivity index (χ0) is 12.5.